The van der Waals surface area contributed by atoms with Gasteiger partial charge in [-0.1, -0.05) is 27.2 Å². The molecule has 1 saturated heterocycles. The molecule has 2 aliphatic rings. The lowest BCUT2D eigenvalue weighted by molar-refractivity contribution is 0.0309. The lowest BCUT2D eigenvalue weighted by atomic mass is 9.65. The molecule has 0 atom stereocenters. The molecule has 1 saturated carbocycles. The van der Waals surface area contributed by atoms with Gasteiger partial charge in [-0.15, -0.1) is 0 Å². The molecule has 0 aromatic carbocycles. The van der Waals surface area contributed by atoms with Crippen LogP contribution in [0.25, 0.3) is 0 Å². The van der Waals surface area contributed by atoms with Crippen LogP contribution in [0.2, 0.25) is 0 Å². The lowest BCUT2D eigenvalue weighted by Crippen LogP contribution is -2.55. The molecular formula is C16H32N2. The number of hydrogen-bond donors (Lipinski definition) is 1. The van der Waals surface area contributed by atoms with E-state index < -0.39 is 0 Å². The minimum absolute atomic E-state index is 0.358. The Hall–Kier alpha value is -0.0800. The number of rotatable bonds is 4. The number of nitrogens with two attached hydrogens (primary N) is 1. The maximum atomic E-state index is 6.16. The third-order valence-corrected chi connectivity index (χ3v) is 6.09. The molecular weight excluding hydrogens is 220 g/mol. The van der Waals surface area contributed by atoms with Crippen LogP contribution in [-0.4, -0.2) is 30.1 Å². The highest BCUT2D eigenvalue weighted by Crippen LogP contribution is 2.45. The summed E-state index contributed by atoms with van der Waals surface area (Å²) in [6.45, 7) is 10.7. The summed E-state index contributed by atoms with van der Waals surface area (Å²) in [5.74, 6) is 0.907. The van der Waals surface area contributed by atoms with Crippen LogP contribution in [-0.2, 0) is 0 Å². The van der Waals surface area contributed by atoms with Crippen LogP contribution in [0.15, 0.2) is 0 Å². The van der Waals surface area contributed by atoms with Gasteiger partial charge in [0, 0.05) is 12.1 Å². The zero-order valence-corrected chi connectivity index (χ0v) is 12.7. The maximum Gasteiger partial charge on any atom is 0.0331 e. The SMILES string of the molecule is CCC(C)(C)C1CCC(CN)(N2CCCC2)CC1. The molecule has 0 aromatic rings. The van der Waals surface area contributed by atoms with Crippen molar-refractivity contribution in [1.29, 1.82) is 0 Å². The van der Waals surface area contributed by atoms with Gasteiger partial charge in [0.05, 0.1) is 0 Å². The second-order valence-corrected chi connectivity index (χ2v) is 7.24. The third-order valence-electron chi connectivity index (χ3n) is 6.09. The quantitative estimate of drug-likeness (QED) is 0.831. The summed E-state index contributed by atoms with van der Waals surface area (Å²) in [4.78, 5) is 2.71. The van der Waals surface area contributed by atoms with Gasteiger partial charge in [0.15, 0.2) is 0 Å². The highest BCUT2D eigenvalue weighted by atomic mass is 15.2. The van der Waals surface area contributed by atoms with Crippen LogP contribution in [0, 0.1) is 11.3 Å². The Labute approximate surface area is 113 Å². The van der Waals surface area contributed by atoms with E-state index in [-0.39, 0.29) is 0 Å². The van der Waals surface area contributed by atoms with Crippen molar-refractivity contribution in [3.05, 3.63) is 0 Å². The molecule has 1 heterocycles. The Balaban J connectivity index is 1.98. The number of hydrogen-bond acceptors (Lipinski definition) is 2. The van der Waals surface area contributed by atoms with E-state index >= 15 is 0 Å². The molecule has 1 aliphatic carbocycles. The van der Waals surface area contributed by atoms with Gasteiger partial charge in [0.2, 0.25) is 0 Å². The highest BCUT2D eigenvalue weighted by molar-refractivity contribution is 4.99. The Kier molecular flexibility index (Phi) is 4.38. The van der Waals surface area contributed by atoms with E-state index in [1.54, 1.807) is 0 Å². The summed E-state index contributed by atoms with van der Waals surface area (Å²) in [5.41, 5.74) is 7.04. The molecule has 106 valence electrons. The molecule has 2 nitrogen and oxygen atoms in total. The second kappa shape index (κ2) is 5.50. The predicted molar refractivity (Wildman–Crippen MR) is 78.6 cm³/mol. The highest BCUT2D eigenvalue weighted by Gasteiger charge is 2.42. The first-order valence-corrected chi connectivity index (χ1v) is 7.99. The fourth-order valence-electron chi connectivity index (χ4n) is 4.07. The normalized spacial score (nSPS) is 35.0. The first-order valence-electron chi connectivity index (χ1n) is 7.99. The number of likely N-dealkylation sites (tertiary alicyclic amines) is 1. The van der Waals surface area contributed by atoms with Crippen LogP contribution in [0.5, 0.6) is 0 Å². The van der Waals surface area contributed by atoms with Crippen molar-refractivity contribution in [3.8, 4) is 0 Å². The zero-order valence-electron chi connectivity index (χ0n) is 12.7. The van der Waals surface area contributed by atoms with Gasteiger partial charge in [-0.05, 0) is 62.9 Å². The molecule has 2 N–H and O–H groups in total. The Morgan fingerprint density at radius 3 is 2.17 bits per heavy atom. The zero-order chi connectivity index (χ0) is 13.2. The predicted octanol–water partition coefficient (Wildman–Crippen LogP) is 3.41. The van der Waals surface area contributed by atoms with Gasteiger partial charge in [-0.3, -0.25) is 4.90 Å². The average Bonchev–Trinajstić information content (AvgIpc) is 2.93. The Bertz CT molecular complexity index is 258. The summed E-state index contributed by atoms with van der Waals surface area (Å²) in [6, 6.07) is 0. The van der Waals surface area contributed by atoms with Crippen LogP contribution in [0.1, 0.15) is 65.7 Å². The standard InChI is InChI=1S/C16H32N2/c1-4-15(2,3)14-7-9-16(13-17,10-8-14)18-11-5-6-12-18/h14H,4-13,17H2,1-3H3. The molecule has 2 fully saturated rings. The fourth-order valence-corrected chi connectivity index (χ4v) is 4.07. The van der Waals surface area contributed by atoms with Crippen LogP contribution >= 0.6 is 0 Å². The van der Waals surface area contributed by atoms with E-state index in [1.807, 2.05) is 0 Å². The van der Waals surface area contributed by atoms with Gasteiger partial charge in [-0.25, -0.2) is 0 Å². The van der Waals surface area contributed by atoms with Crippen molar-refractivity contribution >= 4 is 0 Å². The van der Waals surface area contributed by atoms with Gasteiger partial charge >= 0.3 is 0 Å². The van der Waals surface area contributed by atoms with E-state index in [1.165, 1.54) is 58.0 Å². The van der Waals surface area contributed by atoms with Crippen molar-refractivity contribution in [2.45, 2.75) is 71.3 Å². The third kappa shape index (κ3) is 2.60. The number of nitrogens with zero attached hydrogens (tertiary/aromatic N) is 1. The Morgan fingerprint density at radius 1 is 1.17 bits per heavy atom. The molecule has 0 bridgehead atoms. The molecule has 0 spiro atoms. The van der Waals surface area contributed by atoms with E-state index in [4.69, 9.17) is 5.73 Å². The summed E-state index contributed by atoms with van der Waals surface area (Å²) >= 11 is 0. The van der Waals surface area contributed by atoms with E-state index in [9.17, 15) is 0 Å². The van der Waals surface area contributed by atoms with E-state index in [2.05, 4.69) is 25.7 Å². The summed E-state index contributed by atoms with van der Waals surface area (Å²) in [5, 5.41) is 0. The first-order chi connectivity index (χ1) is 8.54. The summed E-state index contributed by atoms with van der Waals surface area (Å²) < 4.78 is 0. The molecule has 0 aromatic heterocycles. The largest absolute Gasteiger partial charge is 0.329 e. The molecule has 0 unspecified atom stereocenters. The second-order valence-electron chi connectivity index (χ2n) is 7.24. The van der Waals surface area contributed by atoms with Crippen LogP contribution in [0.4, 0.5) is 0 Å². The van der Waals surface area contributed by atoms with Crippen molar-refractivity contribution in [2.75, 3.05) is 19.6 Å². The average molecular weight is 252 g/mol. The van der Waals surface area contributed by atoms with E-state index in [0.717, 1.165) is 12.5 Å². The molecule has 2 heteroatoms. The van der Waals surface area contributed by atoms with Gasteiger partial charge < -0.3 is 5.73 Å². The maximum absolute atomic E-state index is 6.16. The van der Waals surface area contributed by atoms with Crippen molar-refractivity contribution in [1.82, 2.24) is 4.90 Å². The van der Waals surface area contributed by atoms with E-state index in [0.29, 0.717) is 11.0 Å². The first kappa shape index (κ1) is 14.3. The molecule has 2 rings (SSSR count). The van der Waals surface area contributed by atoms with Gasteiger partial charge in [-0.2, -0.15) is 0 Å². The summed E-state index contributed by atoms with van der Waals surface area (Å²) in [6.07, 6.45) is 9.49. The molecule has 18 heavy (non-hydrogen) atoms. The van der Waals surface area contributed by atoms with Gasteiger partial charge in [0.25, 0.3) is 0 Å². The van der Waals surface area contributed by atoms with Crippen molar-refractivity contribution < 1.29 is 0 Å². The lowest BCUT2D eigenvalue weighted by Gasteiger charge is -2.49. The van der Waals surface area contributed by atoms with Gasteiger partial charge in [0.1, 0.15) is 0 Å². The van der Waals surface area contributed by atoms with Crippen molar-refractivity contribution in [2.24, 2.45) is 17.1 Å². The monoisotopic (exact) mass is 252 g/mol. The topological polar surface area (TPSA) is 29.3 Å². The summed E-state index contributed by atoms with van der Waals surface area (Å²) in [7, 11) is 0. The minimum Gasteiger partial charge on any atom is -0.329 e. The van der Waals surface area contributed by atoms with Crippen LogP contribution in [0.3, 0.4) is 0 Å². The molecule has 0 amide bonds. The molecule has 1 aliphatic heterocycles. The fraction of sp³-hybridized carbons (Fsp3) is 1.00. The van der Waals surface area contributed by atoms with Crippen LogP contribution < -0.4 is 5.73 Å². The minimum atomic E-state index is 0.358. The molecule has 0 radical (unpaired) electrons. The van der Waals surface area contributed by atoms with Crippen molar-refractivity contribution in [3.63, 3.8) is 0 Å². The Morgan fingerprint density at radius 2 is 1.72 bits per heavy atom. The smallest absolute Gasteiger partial charge is 0.0331 e.